The SMILES string of the molecule is CCCCCCCCC(CC)OC(=O)CCCCCCCNCc1ccccc1. The van der Waals surface area contributed by atoms with Gasteiger partial charge in [-0.25, -0.2) is 0 Å². The topological polar surface area (TPSA) is 38.3 Å². The van der Waals surface area contributed by atoms with Gasteiger partial charge in [0.2, 0.25) is 0 Å². The Morgan fingerprint density at radius 3 is 2.24 bits per heavy atom. The third-order valence-electron chi connectivity index (χ3n) is 5.54. The van der Waals surface area contributed by atoms with Gasteiger partial charge in [0.15, 0.2) is 0 Å². The summed E-state index contributed by atoms with van der Waals surface area (Å²) in [7, 11) is 0. The molecule has 0 aliphatic rings. The van der Waals surface area contributed by atoms with Crippen LogP contribution < -0.4 is 5.32 Å². The first-order chi connectivity index (χ1) is 14.3. The predicted molar refractivity (Wildman–Crippen MR) is 124 cm³/mol. The molecule has 0 fully saturated rings. The van der Waals surface area contributed by atoms with Gasteiger partial charge in [-0.15, -0.1) is 0 Å². The van der Waals surface area contributed by atoms with Crippen molar-refractivity contribution in [1.82, 2.24) is 5.32 Å². The molecule has 0 amide bonds. The molecule has 0 spiro atoms. The van der Waals surface area contributed by atoms with E-state index in [4.69, 9.17) is 4.74 Å². The van der Waals surface area contributed by atoms with Crippen molar-refractivity contribution in [3.05, 3.63) is 35.9 Å². The highest BCUT2D eigenvalue weighted by Gasteiger charge is 2.12. The summed E-state index contributed by atoms with van der Waals surface area (Å²) in [4.78, 5) is 12.1. The molecule has 3 nitrogen and oxygen atoms in total. The minimum absolute atomic E-state index is 0.00682. The van der Waals surface area contributed by atoms with Crippen LogP contribution in [-0.4, -0.2) is 18.6 Å². The molecule has 0 saturated heterocycles. The Kier molecular flexibility index (Phi) is 16.5. The number of benzene rings is 1. The van der Waals surface area contributed by atoms with Crippen LogP contribution in [0.4, 0.5) is 0 Å². The smallest absolute Gasteiger partial charge is 0.306 e. The monoisotopic (exact) mass is 403 g/mol. The van der Waals surface area contributed by atoms with Gasteiger partial charge >= 0.3 is 5.97 Å². The lowest BCUT2D eigenvalue weighted by atomic mass is 10.1. The number of nitrogens with one attached hydrogen (secondary N) is 1. The number of unbranched alkanes of at least 4 members (excludes halogenated alkanes) is 9. The summed E-state index contributed by atoms with van der Waals surface area (Å²) in [5.41, 5.74) is 1.34. The summed E-state index contributed by atoms with van der Waals surface area (Å²) in [6.45, 7) is 6.38. The molecule has 29 heavy (non-hydrogen) atoms. The van der Waals surface area contributed by atoms with Crippen molar-refractivity contribution in [3.63, 3.8) is 0 Å². The lowest BCUT2D eigenvalue weighted by Gasteiger charge is -2.16. The van der Waals surface area contributed by atoms with Gasteiger partial charge in [-0.05, 0) is 44.2 Å². The van der Waals surface area contributed by atoms with Crippen LogP contribution in [0.2, 0.25) is 0 Å². The average Bonchev–Trinajstić information content (AvgIpc) is 2.74. The molecule has 1 aromatic rings. The van der Waals surface area contributed by atoms with E-state index in [1.807, 2.05) is 0 Å². The fourth-order valence-corrected chi connectivity index (χ4v) is 3.62. The summed E-state index contributed by atoms with van der Waals surface area (Å²) >= 11 is 0. The minimum Gasteiger partial charge on any atom is -0.462 e. The second-order valence-corrected chi connectivity index (χ2v) is 8.26. The summed E-state index contributed by atoms with van der Waals surface area (Å²) in [6, 6.07) is 10.5. The number of carbonyl (C=O) groups excluding carboxylic acids is 1. The van der Waals surface area contributed by atoms with Crippen molar-refractivity contribution in [2.45, 2.75) is 116 Å². The van der Waals surface area contributed by atoms with Gasteiger partial charge in [0.1, 0.15) is 6.10 Å². The second kappa shape index (κ2) is 18.7. The molecule has 1 rings (SSSR count). The molecule has 0 aliphatic carbocycles. The lowest BCUT2D eigenvalue weighted by molar-refractivity contribution is -0.149. The molecule has 0 heterocycles. The van der Waals surface area contributed by atoms with Gasteiger partial charge in [0.25, 0.3) is 0 Å². The van der Waals surface area contributed by atoms with E-state index in [1.54, 1.807) is 0 Å². The summed E-state index contributed by atoms with van der Waals surface area (Å²) < 4.78 is 5.68. The van der Waals surface area contributed by atoms with Gasteiger partial charge in [0.05, 0.1) is 0 Å². The normalized spacial score (nSPS) is 12.1. The van der Waals surface area contributed by atoms with Crippen molar-refractivity contribution in [2.24, 2.45) is 0 Å². The van der Waals surface area contributed by atoms with Crippen molar-refractivity contribution in [3.8, 4) is 0 Å². The molecule has 1 aromatic carbocycles. The van der Waals surface area contributed by atoms with E-state index < -0.39 is 0 Å². The minimum atomic E-state index is 0.00682. The van der Waals surface area contributed by atoms with Gasteiger partial charge < -0.3 is 10.1 Å². The molecule has 1 atom stereocenters. The molecular formula is C26H45NO2. The number of rotatable bonds is 19. The Morgan fingerprint density at radius 2 is 1.52 bits per heavy atom. The van der Waals surface area contributed by atoms with E-state index in [1.165, 1.54) is 63.4 Å². The molecule has 0 aliphatic heterocycles. The van der Waals surface area contributed by atoms with Crippen molar-refractivity contribution in [1.29, 1.82) is 0 Å². The van der Waals surface area contributed by atoms with E-state index >= 15 is 0 Å². The summed E-state index contributed by atoms with van der Waals surface area (Å²) in [5.74, 6) is 0.00682. The molecule has 0 saturated carbocycles. The fraction of sp³-hybridized carbons (Fsp3) is 0.731. The number of ether oxygens (including phenoxy) is 1. The quantitative estimate of drug-likeness (QED) is 0.196. The molecule has 0 radical (unpaired) electrons. The van der Waals surface area contributed by atoms with Crippen LogP contribution in [-0.2, 0) is 16.1 Å². The number of hydrogen-bond acceptors (Lipinski definition) is 3. The first kappa shape index (κ1) is 25.7. The number of hydrogen-bond donors (Lipinski definition) is 1. The Labute approximate surface area is 180 Å². The second-order valence-electron chi connectivity index (χ2n) is 8.26. The van der Waals surface area contributed by atoms with Gasteiger partial charge in [0, 0.05) is 13.0 Å². The highest BCUT2D eigenvalue weighted by molar-refractivity contribution is 5.69. The zero-order valence-electron chi connectivity index (χ0n) is 19.1. The van der Waals surface area contributed by atoms with Crippen molar-refractivity contribution >= 4 is 5.97 Å². The number of esters is 1. The van der Waals surface area contributed by atoms with Gasteiger partial charge in [-0.2, -0.15) is 0 Å². The van der Waals surface area contributed by atoms with Crippen LogP contribution in [0, 0.1) is 0 Å². The molecule has 1 N–H and O–H groups in total. The molecule has 0 aromatic heterocycles. The standard InChI is InChI=1S/C26H45NO2/c1-3-5-6-7-9-15-20-25(4-2)29-26(28)21-16-10-8-11-17-22-27-23-24-18-13-12-14-19-24/h12-14,18-19,25,27H,3-11,15-17,20-23H2,1-2H3. The van der Waals surface area contributed by atoms with Crippen LogP contribution in [0.15, 0.2) is 30.3 Å². The molecule has 3 heteroatoms. The maximum absolute atomic E-state index is 12.1. The van der Waals surface area contributed by atoms with E-state index in [2.05, 4.69) is 49.5 Å². The summed E-state index contributed by atoms with van der Waals surface area (Å²) in [6.07, 6.45) is 16.2. The van der Waals surface area contributed by atoms with E-state index in [0.717, 1.165) is 38.8 Å². The number of carbonyl (C=O) groups is 1. The molecule has 1 unspecified atom stereocenters. The molecular weight excluding hydrogens is 358 g/mol. The van der Waals surface area contributed by atoms with E-state index in [-0.39, 0.29) is 12.1 Å². The maximum atomic E-state index is 12.1. The van der Waals surface area contributed by atoms with Crippen LogP contribution >= 0.6 is 0 Å². The Bertz CT molecular complexity index is 489. The zero-order chi connectivity index (χ0) is 21.0. The Morgan fingerprint density at radius 1 is 0.862 bits per heavy atom. The summed E-state index contributed by atoms with van der Waals surface area (Å²) in [5, 5.41) is 3.50. The van der Waals surface area contributed by atoms with Gasteiger partial charge in [-0.3, -0.25) is 4.79 Å². The first-order valence-electron chi connectivity index (χ1n) is 12.2. The third kappa shape index (κ3) is 15.2. The van der Waals surface area contributed by atoms with Crippen LogP contribution in [0.5, 0.6) is 0 Å². The van der Waals surface area contributed by atoms with E-state index in [9.17, 15) is 4.79 Å². The van der Waals surface area contributed by atoms with Crippen molar-refractivity contribution in [2.75, 3.05) is 6.54 Å². The zero-order valence-corrected chi connectivity index (χ0v) is 19.1. The maximum Gasteiger partial charge on any atom is 0.306 e. The third-order valence-corrected chi connectivity index (χ3v) is 5.54. The first-order valence-corrected chi connectivity index (χ1v) is 12.2. The lowest BCUT2D eigenvalue weighted by Crippen LogP contribution is -2.17. The Balaban J connectivity index is 1.91. The highest BCUT2D eigenvalue weighted by Crippen LogP contribution is 2.14. The Hall–Kier alpha value is -1.35. The highest BCUT2D eigenvalue weighted by atomic mass is 16.5. The van der Waals surface area contributed by atoms with Gasteiger partial charge in [-0.1, -0.05) is 95.5 Å². The average molecular weight is 404 g/mol. The molecule has 0 bridgehead atoms. The largest absolute Gasteiger partial charge is 0.462 e. The van der Waals surface area contributed by atoms with Crippen molar-refractivity contribution < 1.29 is 9.53 Å². The van der Waals surface area contributed by atoms with Crippen LogP contribution in [0.1, 0.15) is 109 Å². The van der Waals surface area contributed by atoms with Crippen LogP contribution in [0.3, 0.4) is 0 Å². The van der Waals surface area contributed by atoms with Crippen LogP contribution in [0.25, 0.3) is 0 Å². The fourth-order valence-electron chi connectivity index (χ4n) is 3.62. The predicted octanol–water partition coefficient (Wildman–Crippen LogP) is 7.19. The molecule has 166 valence electrons. The van der Waals surface area contributed by atoms with E-state index in [0.29, 0.717) is 6.42 Å².